The first kappa shape index (κ1) is 13.8. The predicted molar refractivity (Wildman–Crippen MR) is 65.2 cm³/mol. The van der Waals surface area contributed by atoms with E-state index in [4.69, 9.17) is 5.26 Å². The second kappa shape index (κ2) is 6.47. The van der Waals surface area contributed by atoms with E-state index in [9.17, 15) is 14.9 Å². The first-order valence-corrected chi connectivity index (χ1v) is 5.37. The fraction of sp³-hybridized carbons (Fsp3) is 0.333. The Morgan fingerprint density at radius 2 is 2.28 bits per heavy atom. The number of non-ortho nitro benzene ring substituents is 1. The van der Waals surface area contributed by atoms with Gasteiger partial charge in [-0.15, -0.1) is 0 Å². The van der Waals surface area contributed by atoms with Gasteiger partial charge in [-0.1, -0.05) is 12.1 Å². The Labute approximate surface area is 105 Å². The van der Waals surface area contributed by atoms with Gasteiger partial charge in [-0.05, 0) is 7.05 Å². The van der Waals surface area contributed by atoms with Crippen molar-refractivity contribution in [2.75, 3.05) is 20.1 Å². The van der Waals surface area contributed by atoms with Crippen molar-refractivity contribution in [3.63, 3.8) is 0 Å². The molecule has 0 saturated heterocycles. The number of carbonyl (C=O) groups is 1. The van der Waals surface area contributed by atoms with Crippen LogP contribution in [0.25, 0.3) is 0 Å². The van der Waals surface area contributed by atoms with Gasteiger partial charge in [0.1, 0.15) is 0 Å². The molecule has 18 heavy (non-hydrogen) atoms. The molecule has 0 aliphatic rings. The summed E-state index contributed by atoms with van der Waals surface area (Å²) in [5.41, 5.74) is 0.216. The van der Waals surface area contributed by atoms with E-state index in [2.05, 4.69) is 0 Å². The number of hydrogen-bond acceptors (Lipinski definition) is 5. The van der Waals surface area contributed by atoms with Crippen molar-refractivity contribution in [1.82, 2.24) is 4.90 Å². The standard InChI is InChI=1S/C12H13N3O3/c1-14(7-3-6-13)9-12(16)10-4-2-5-11(8-10)15(17)18/h2,4-5,8H,3,7,9H2,1H3. The number of likely N-dealkylation sites (N-methyl/N-ethyl adjacent to an activating group) is 1. The molecule has 6 nitrogen and oxygen atoms in total. The van der Waals surface area contributed by atoms with Crippen LogP contribution in [0.1, 0.15) is 16.8 Å². The lowest BCUT2D eigenvalue weighted by atomic mass is 10.1. The highest BCUT2D eigenvalue weighted by Crippen LogP contribution is 2.13. The molecular formula is C12H13N3O3. The Balaban J connectivity index is 2.70. The molecule has 0 bridgehead atoms. The summed E-state index contributed by atoms with van der Waals surface area (Å²) in [5.74, 6) is -0.195. The van der Waals surface area contributed by atoms with E-state index in [1.807, 2.05) is 6.07 Å². The molecule has 0 amide bonds. The molecule has 0 aliphatic carbocycles. The number of nitrogens with zero attached hydrogens (tertiary/aromatic N) is 3. The normalized spacial score (nSPS) is 10.1. The van der Waals surface area contributed by atoms with Crippen LogP contribution >= 0.6 is 0 Å². The Hall–Kier alpha value is -2.26. The zero-order valence-corrected chi connectivity index (χ0v) is 10.00. The number of nitriles is 1. The minimum absolute atomic E-state index is 0.0967. The van der Waals surface area contributed by atoms with Crippen LogP contribution in [0.5, 0.6) is 0 Å². The van der Waals surface area contributed by atoms with Gasteiger partial charge in [0.25, 0.3) is 5.69 Å². The van der Waals surface area contributed by atoms with E-state index in [-0.39, 0.29) is 18.0 Å². The van der Waals surface area contributed by atoms with E-state index in [1.165, 1.54) is 18.2 Å². The summed E-state index contributed by atoms with van der Waals surface area (Å²) in [4.78, 5) is 23.6. The summed E-state index contributed by atoms with van der Waals surface area (Å²) in [6.45, 7) is 0.639. The number of rotatable bonds is 6. The average molecular weight is 247 g/mol. The van der Waals surface area contributed by atoms with Crippen LogP contribution in [0, 0.1) is 21.4 Å². The number of benzene rings is 1. The fourth-order valence-electron chi connectivity index (χ4n) is 1.45. The summed E-state index contributed by atoms with van der Waals surface area (Å²) in [6, 6.07) is 7.64. The summed E-state index contributed by atoms with van der Waals surface area (Å²) < 4.78 is 0. The molecule has 0 saturated carbocycles. The minimum atomic E-state index is -0.532. The molecule has 0 aliphatic heterocycles. The quantitative estimate of drug-likeness (QED) is 0.433. The monoisotopic (exact) mass is 247 g/mol. The highest BCUT2D eigenvalue weighted by molar-refractivity contribution is 5.98. The topological polar surface area (TPSA) is 87.2 Å². The largest absolute Gasteiger partial charge is 0.298 e. The Morgan fingerprint density at radius 1 is 1.56 bits per heavy atom. The molecule has 0 fully saturated rings. The molecular weight excluding hydrogens is 234 g/mol. The molecule has 6 heteroatoms. The van der Waals surface area contributed by atoms with Gasteiger partial charge >= 0.3 is 0 Å². The number of hydrogen-bond donors (Lipinski definition) is 0. The zero-order valence-electron chi connectivity index (χ0n) is 10.00. The van der Waals surface area contributed by atoms with Gasteiger partial charge in [0.15, 0.2) is 5.78 Å². The minimum Gasteiger partial charge on any atom is -0.298 e. The van der Waals surface area contributed by atoms with Gasteiger partial charge < -0.3 is 0 Å². The van der Waals surface area contributed by atoms with Gasteiger partial charge in [-0.25, -0.2) is 0 Å². The molecule has 94 valence electrons. The molecule has 0 radical (unpaired) electrons. The molecule has 1 rings (SSSR count). The van der Waals surface area contributed by atoms with Gasteiger partial charge in [-0.2, -0.15) is 5.26 Å². The van der Waals surface area contributed by atoms with Gasteiger partial charge in [0.05, 0.1) is 17.5 Å². The van der Waals surface area contributed by atoms with Crippen molar-refractivity contribution in [2.24, 2.45) is 0 Å². The van der Waals surface area contributed by atoms with Crippen LogP contribution in [0.2, 0.25) is 0 Å². The van der Waals surface area contributed by atoms with Crippen LogP contribution in [-0.2, 0) is 0 Å². The second-order valence-electron chi connectivity index (χ2n) is 3.88. The molecule has 0 spiro atoms. The summed E-state index contributed by atoms with van der Waals surface area (Å²) >= 11 is 0. The molecule has 0 N–H and O–H groups in total. The smallest absolute Gasteiger partial charge is 0.270 e. The van der Waals surface area contributed by atoms with E-state index in [0.717, 1.165) is 0 Å². The predicted octanol–water partition coefficient (Wildman–Crippen LogP) is 1.62. The third-order valence-electron chi connectivity index (χ3n) is 2.40. The number of nitro benzene ring substituents is 1. The van der Waals surface area contributed by atoms with E-state index in [1.54, 1.807) is 18.0 Å². The maximum atomic E-state index is 11.8. The highest BCUT2D eigenvalue weighted by Gasteiger charge is 2.13. The number of nitro groups is 1. The highest BCUT2D eigenvalue weighted by atomic mass is 16.6. The van der Waals surface area contributed by atoms with Crippen LogP contribution in [-0.4, -0.2) is 35.7 Å². The molecule has 0 unspecified atom stereocenters. The van der Waals surface area contributed by atoms with E-state index < -0.39 is 4.92 Å². The fourth-order valence-corrected chi connectivity index (χ4v) is 1.45. The summed E-state index contributed by atoms with van der Waals surface area (Å²) in [6.07, 6.45) is 0.346. The summed E-state index contributed by atoms with van der Waals surface area (Å²) in [7, 11) is 1.73. The zero-order chi connectivity index (χ0) is 13.5. The van der Waals surface area contributed by atoms with Crippen molar-refractivity contribution >= 4 is 11.5 Å². The van der Waals surface area contributed by atoms with E-state index in [0.29, 0.717) is 18.5 Å². The van der Waals surface area contributed by atoms with Gasteiger partial charge in [-0.3, -0.25) is 19.8 Å². The van der Waals surface area contributed by atoms with Crippen molar-refractivity contribution in [3.05, 3.63) is 39.9 Å². The van der Waals surface area contributed by atoms with Crippen molar-refractivity contribution in [2.45, 2.75) is 6.42 Å². The first-order valence-electron chi connectivity index (χ1n) is 5.37. The average Bonchev–Trinajstić information content (AvgIpc) is 2.36. The van der Waals surface area contributed by atoms with Gasteiger partial charge in [0.2, 0.25) is 0 Å². The lowest BCUT2D eigenvalue weighted by Gasteiger charge is -2.13. The van der Waals surface area contributed by atoms with E-state index >= 15 is 0 Å². The van der Waals surface area contributed by atoms with Crippen LogP contribution < -0.4 is 0 Å². The van der Waals surface area contributed by atoms with Crippen molar-refractivity contribution in [3.8, 4) is 6.07 Å². The number of ketones is 1. The third kappa shape index (κ3) is 3.96. The number of Topliss-reactive ketones (excluding diaryl/α,β-unsaturated/α-hetero) is 1. The van der Waals surface area contributed by atoms with Crippen molar-refractivity contribution in [1.29, 1.82) is 5.26 Å². The van der Waals surface area contributed by atoms with Crippen LogP contribution in [0.15, 0.2) is 24.3 Å². The number of carbonyl (C=O) groups excluding carboxylic acids is 1. The Kier molecular flexibility index (Phi) is 4.96. The molecule has 0 atom stereocenters. The molecule has 1 aromatic rings. The lowest BCUT2D eigenvalue weighted by molar-refractivity contribution is -0.384. The van der Waals surface area contributed by atoms with Crippen LogP contribution in [0.4, 0.5) is 5.69 Å². The van der Waals surface area contributed by atoms with Crippen LogP contribution in [0.3, 0.4) is 0 Å². The van der Waals surface area contributed by atoms with Crippen molar-refractivity contribution < 1.29 is 9.72 Å². The molecule has 1 aromatic carbocycles. The maximum Gasteiger partial charge on any atom is 0.270 e. The molecule has 0 aromatic heterocycles. The second-order valence-corrected chi connectivity index (χ2v) is 3.88. The lowest BCUT2D eigenvalue weighted by Crippen LogP contribution is -2.26. The Morgan fingerprint density at radius 3 is 2.89 bits per heavy atom. The first-order chi connectivity index (χ1) is 8.54. The third-order valence-corrected chi connectivity index (χ3v) is 2.40. The SMILES string of the molecule is CN(CCC#N)CC(=O)c1cccc([N+](=O)[O-])c1. The molecule has 0 heterocycles. The Bertz CT molecular complexity index is 494. The summed E-state index contributed by atoms with van der Waals surface area (Å²) in [5, 5.41) is 19.0. The maximum absolute atomic E-state index is 11.8. The van der Waals surface area contributed by atoms with Gasteiger partial charge in [0, 0.05) is 30.7 Å².